The van der Waals surface area contributed by atoms with Crippen LogP contribution in [-0.4, -0.2) is 11.6 Å². The van der Waals surface area contributed by atoms with E-state index in [0.29, 0.717) is 12.8 Å². The van der Waals surface area contributed by atoms with Gasteiger partial charge in [0.15, 0.2) is 5.78 Å². The zero-order valence-corrected chi connectivity index (χ0v) is 13.5. The standard InChI is InChI=1S/C20H20O2/c1-5-7-9-16-12-17(21)19(20(16)22)18-13(3)10-15(8-6-2)11-14(18)4/h10-11,16,19H,9,12H2,1-4H3. The van der Waals surface area contributed by atoms with Gasteiger partial charge < -0.3 is 0 Å². The lowest BCUT2D eigenvalue weighted by atomic mass is 9.86. The van der Waals surface area contributed by atoms with Crippen molar-refractivity contribution < 1.29 is 9.59 Å². The van der Waals surface area contributed by atoms with Crippen LogP contribution in [0.1, 0.15) is 54.9 Å². The fourth-order valence-corrected chi connectivity index (χ4v) is 3.20. The number of rotatable bonds is 2. The van der Waals surface area contributed by atoms with Gasteiger partial charge in [0.25, 0.3) is 0 Å². The van der Waals surface area contributed by atoms with Gasteiger partial charge in [-0.05, 0) is 56.5 Å². The zero-order chi connectivity index (χ0) is 16.3. The molecule has 2 unspecified atom stereocenters. The van der Waals surface area contributed by atoms with E-state index in [0.717, 1.165) is 22.3 Å². The van der Waals surface area contributed by atoms with Gasteiger partial charge in [-0.1, -0.05) is 5.92 Å². The molecule has 2 heteroatoms. The molecule has 0 heterocycles. The minimum absolute atomic E-state index is 0.0216. The Hall–Kier alpha value is -2.32. The number of hydrogen-bond acceptors (Lipinski definition) is 2. The Morgan fingerprint density at radius 1 is 1.09 bits per heavy atom. The van der Waals surface area contributed by atoms with Crippen LogP contribution in [0.15, 0.2) is 12.1 Å². The summed E-state index contributed by atoms with van der Waals surface area (Å²) in [5.41, 5.74) is 3.72. The summed E-state index contributed by atoms with van der Waals surface area (Å²) < 4.78 is 0. The lowest BCUT2D eigenvalue weighted by molar-refractivity contribution is -0.124. The molecule has 22 heavy (non-hydrogen) atoms. The van der Waals surface area contributed by atoms with Crippen molar-refractivity contribution in [1.29, 1.82) is 0 Å². The number of aryl methyl sites for hydroxylation is 2. The van der Waals surface area contributed by atoms with Crippen LogP contribution in [0.4, 0.5) is 0 Å². The molecule has 0 N–H and O–H groups in total. The minimum atomic E-state index is -0.618. The first kappa shape index (κ1) is 16.1. The highest BCUT2D eigenvalue weighted by atomic mass is 16.2. The molecule has 0 radical (unpaired) electrons. The predicted octanol–water partition coefficient (Wildman–Crippen LogP) is 3.33. The van der Waals surface area contributed by atoms with Gasteiger partial charge in [-0.2, -0.15) is 0 Å². The molecule has 2 atom stereocenters. The van der Waals surface area contributed by atoms with Crippen LogP contribution >= 0.6 is 0 Å². The smallest absolute Gasteiger partial charge is 0.152 e. The Kier molecular flexibility index (Phi) is 4.84. The maximum absolute atomic E-state index is 12.6. The van der Waals surface area contributed by atoms with Gasteiger partial charge in [0, 0.05) is 24.3 Å². The molecule has 1 aliphatic rings. The molecule has 0 aromatic heterocycles. The van der Waals surface area contributed by atoms with Gasteiger partial charge in [0.05, 0.1) is 0 Å². The highest BCUT2D eigenvalue weighted by Crippen LogP contribution is 2.37. The van der Waals surface area contributed by atoms with Crippen molar-refractivity contribution in [2.75, 3.05) is 0 Å². The lowest BCUT2D eigenvalue weighted by Gasteiger charge is -2.15. The third-order valence-electron chi connectivity index (χ3n) is 4.13. The molecule has 112 valence electrons. The van der Waals surface area contributed by atoms with Gasteiger partial charge in [-0.3, -0.25) is 9.59 Å². The van der Waals surface area contributed by atoms with E-state index >= 15 is 0 Å². The molecule has 0 amide bonds. The summed E-state index contributed by atoms with van der Waals surface area (Å²) in [5, 5.41) is 0. The third-order valence-corrected chi connectivity index (χ3v) is 4.13. The monoisotopic (exact) mass is 292 g/mol. The van der Waals surface area contributed by atoms with E-state index in [1.807, 2.05) is 26.0 Å². The summed E-state index contributed by atoms with van der Waals surface area (Å²) in [5.74, 6) is 10.8. The maximum atomic E-state index is 12.6. The molecule has 0 spiro atoms. The molecule has 1 aromatic rings. The van der Waals surface area contributed by atoms with E-state index < -0.39 is 5.92 Å². The first-order valence-corrected chi connectivity index (χ1v) is 7.49. The fraction of sp³-hybridized carbons (Fsp3) is 0.400. The molecule has 2 nitrogen and oxygen atoms in total. The van der Waals surface area contributed by atoms with Gasteiger partial charge in [-0.15, -0.1) is 17.8 Å². The van der Waals surface area contributed by atoms with Crippen LogP contribution < -0.4 is 0 Å². The van der Waals surface area contributed by atoms with Crippen molar-refractivity contribution >= 4 is 11.6 Å². The second-order valence-corrected chi connectivity index (χ2v) is 5.73. The summed E-state index contributed by atoms with van der Waals surface area (Å²) in [4.78, 5) is 25.0. The molecule has 0 saturated heterocycles. The molecular formula is C20H20O2. The van der Waals surface area contributed by atoms with E-state index in [4.69, 9.17) is 0 Å². The lowest BCUT2D eigenvalue weighted by Crippen LogP contribution is -2.17. The first-order chi connectivity index (χ1) is 10.5. The second kappa shape index (κ2) is 6.63. The van der Waals surface area contributed by atoms with Crippen molar-refractivity contribution in [3.8, 4) is 23.7 Å². The van der Waals surface area contributed by atoms with Gasteiger partial charge in [-0.25, -0.2) is 0 Å². The molecule has 1 aromatic carbocycles. The van der Waals surface area contributed by atoms with Crippen molar-refractivity contribution in [1.82, 2.24) is 0 Å². The normalized spacial score (nSPS) is 20.2. The number of Topliss-reactive ketones (excluding diaryl/α,β-unsaturated/α-hetero) is 2. The summed E-state index contributed by atoms with van der Waals surface area (Å²) in [7, 11) is 0. The minimum Gasteiger partial charge on any atom is -0.298 e. The number of benzene rings is 1. The van der Waals surface area contributed by atoms with Crippen LogP contribution in [0.25, 0.3) is 0 Å². The summed E-state index contributed by atoms with van der Waals surface area (Å²) in [6.07, 6.45) is 0.794. The van der Waals surface area contributed by atoms with Crippen molar-refractivity contribution in [3.05, 3.63) is 34.4 Å². The van der Waals surface area contributed by atoms with Crippen LogP contribution in [0.2, 0.25) is 0 Å². The van der Waals surface area contributed by atoms with Crippen LogP contribution in [-0.2, 0) is 9.59 Å². The maximum Gasteiger partial charge on any atom is 0.152 e. The molecule has 2 rings (SSSR count). The molecule has 1 saturated carbocycles. The highest BCUT2D eigenvalue weighted by Gasteiger charge is 2.42. The number of carbonyl (C=O) groups excluding carboxylic acids is 2. The van der Waals surface area contributed by atoms with E-state index in [2.05, 4.69) is 23.7 Å². The average Bonchev–Trinajstić information content (AvgIpc) is 2.72. The Morgan fingerprint density at radius 2 is 1.73 bits per heavy atom. The zero-order valence-electron chi connectivity index (χ0n) is 13.5. The molecule has 1 aliphatic carbocycles. The van der Waals surface area contributed by atoms with Gasteiger partial charge in [0.2, 0.25) is 0 Å². The van der Waals surface area contributed by atoms with E-state index in [1.165, 1.54) is 0 Å². The largest absolute Gasteiger partial charge is 0.298 e. The Bertz CT molecular complexity index is 724. The van der Waals surface area contributed by atoms with E-state index in [-0.39, 0.29) is 17.5 Å². The molecular weight excluding hydrogens is 272 g/mol. The SMILES string of the molecule is CC#CCC1CC(=O)C(c2c(C)cc(C#CC)cc2C)C1=O. The summed E-state index contributed by atoms with van der Waals surface area (Å²) in [6, 6.07) is 3.91. The number of hydrogen-bond donors (Lipinski definition) is 0. The quantitative estimate of drug-likeness (QED) is 0.619. The van der Waals surface area contributed by atoms with E-state index in [9.17, 15) is 9.59 Å². The number of ketones is 2. The van der Waals surface area contributed by atoms with Crippen molar-refractivity contribution in [2.24, 2.45) is 5.92 Å². The first-order valence-electron chi connectivity index (χ1n) is 7.49. The Balaban J connectivity index is 2.42. The Labute approximate surface area is 132 Å². The molecule has 0 bridgehead atoms. The fourth-order valence-electron chi connectivity index (χ4n) is 3.20. The predicted molar refractivity (Wildman–Crippen MR) is 87.4 cm³/mol. The Morgan fingerprint density at radius 3 is 2.27 bits per heavy atom. The van der Waals surface area contributed by atoms with Gasteiger partial charge in [0.1, 0.15) is 11.7 Å². The molecule has 1 fully saturated rings. The highest BCUT2D eigenvalue weighted by molar-refractivity contribution is 6.15. The summed E-state index contributed by atoms with van der Waals surface area (Å²) >= 11 is 0. The third kappa shape index (κ3) is 2.97. The number of carbonyl (C=O) groups is 2. The van der Waals surface area contributed by atoms with Crippen molar-refractivity contribution in [3.63, 3.8) is 0 Å². The van der Waals surface area contributed by atoms with Crippen LogP contribution in [0.3, 0.4) is 0 Å². The molecule has 0 aliphatic heterocycles. The second-order valence-electron chi connectivity index (χ2n) is 5.73. The van der Waals surface area contributed by atoms with Gasteiger partial charge >= 0.3 is 0 Å². The van der Waals surface area contributed by atoms with Crippen LogP contribution in [0.5, 0.6) is 0 Å². The van der Waals surface area contributed by atoms with E-state index in [1.54, 1.807) is 13.8 Å². The average molecular weight is 292 g/mol. The summed E-state index contributed by atoms with van der Waals surface area (Å²) in [6.45, 7) is 7.44. The van der Waals surface area contributed by atoms with Crippen LogP contribution in [0, 0.1) is 43.4 Å². The topological polar surface area (TPSA) is 34.1 Å². The van der Waals surface area contributed by atoms with Crippen molar-refractivity contribution in [2.45, 2.75) is 46.5 Å².